The van der Waals surface area contributed by atoms with Crippen molar-refractivity contribution in [2.75, 3.05) is 25.5 Å². The highest BCUT2D eigenvalue weighted by Gasteiger charge is 2.22. The monoisotopic (exact) mass is 244 g/mol. The van der Waals surface area contributed by atoms with E-state index in [0.29, 0.717) is 12.0 Å². The first-order valence-corrected chi connectivity index (χ1v) is 7.24. The van der Waals surface area contributed by atoms with Gasteiger partial charge in [0.05, 0.1) is 13.2 Å². The number of nitrogens with one attached hydrogen (secondary N) is 1. The number of hydrogen-bond acceptors (Lipinski definition) is 3. The Hall–Kier alpha value is -0.220. The lowest BCUT2D eigenvalue weighted by molar-refractivity contribution is 0.139. The molecule has 1 atom stereocenters. The molecule has 0 saturated carbocycles. The van der Waals surface area contributed by atoms with Crippen LogP contribution in [-0.4, -0.2) is 36.7 Å². The number of rotatable bonds is 7. The standard InChI is InChI=1S/C12H24N2OS/c1-4-5-7-15-8-6-13-12-14-11(9-16-12)10(2)3/h10-11H,4-9H2,1-3H3,(H,13,14). The van der Waals surface area contributed by atoms with Crippen LogP contribution in [0.5, 0.6) is 0 Å². The molecular weight excluding hydrogens is 220 g/mol. The van der Waals surface area contributed by atoms with E-state index in [2.05, 4.69) is 31.1 Å². The molecule has 0 spiro atoms. The summed E-state index contributed by atoms with van der Waals surface area (Å²) in [5, 5.41) is 4.55. The fourth-order valence-electron chi connectivity index (χ4n) is 1.42. The highest BCUT2D eigenvalue weighted by Crippen LogP contribution is 2.18. The van der Waals surface area contributed by atoms with Gasteiger partial charge in [-0.3, -0.25) is 4.99 Å². The predicted molar refractivity (Wildman–Crippen MR) is 72.2 cm³/mol. The second kappa shape index (κ2) is 7.96. The Labute approximate surface area is 103 Å². The summed E-state index contributed by atoms with van der Waals surface area (Å²) in [7, 11) is 0. The zero-order valence-electron chi connectivity index (χ0n) is 10.7. The smallest absolute Gasteiger partial charge is 0.156 e. The van der Waals surface area contributed by atoms with Crippen LogP contribution in [0.25, 0.3) is 0 Å². The van der Waals surface area contributed by atoms with Crippen LogP contribution in [-0.2, 0) is 4.74 Å². The maximum atomic E-state index is 5.46. The molecule has 0 bridgehead atoms. The minimum Gasteiger partial charge on any atom is -0.380 e. The third kappa shape index (κ3) is 5.21. The molecule has 1 unspecified atom stereocenters. The Balaban J connectivity index is 2.07. The Morgan fingerprint density at radius 3 is 2.94 bits per heavy atom. The van der Waals surface area contributed by atoms with Crippen molar-refractivity contribution in [2.45, 2.75) is 39.7 Å². The number of nitrogens with zero attached hydrogens (tertiary/aromatic N) is 1. The van der Waals surface area contributed by atoms with E-state index in [1.807, 2.05) is 11.8 Å². The molecule has 3 nitrogen and oxygen atoms in total. The third-order valence-corrected chi connectivity index (χ3v) is 3.69. The molecule has 94 valence electrons. The van der Waals surface area contributed by atoms with E-state index in [9.17, 15) is 0 Å². The fraction of sp³-hybridized carbons (Fsp3) is 0.917. The van der Waals surface area contributed by atoms with Gasteiger partial charge in [0.1, 0.15) is 0 Å². The highest BCUT2D eigenvalue weighted by molar-refractivity contribution is 8.14. The number of amidine groups is 1. The molecule has 1 saturated heterocycles. The van der Waals surface area contributed by atoms with Crippen LogP contribution in [0.15, 0.2) is 4.99 Å². The minimum atomic E-state index is 0.588. The highest BCUT2D eigenvalue weighted by atomic mass is 32.2. The number of hydrogen-bond donors (Lipinski definition) is 1. The average molecular weight is 244 g/mol. The molecule has 0 radical (unpaired) electrons. The Bertz CT molecular complexity index is 219. The SMILES string of the molecule is CCCCOCCN=C1NC(C(C)C)CS1. The molecule has 1 aliphatic rings. The van der Waals surface area contributed by atoms with Crippen molar-refractivity contribution >= 4 is 16.9 Å². The van der Waals surface area contributed by atoms with Crippen LogP contribution >= 0.6 is 11.8 Å². The first-order chi connectivity index (χ1) is 7.74. The van der Waals surface area contributed by atoms with E-state index in [4.69, 9.17) is 4.74 Å². The van der Waals surface area contributed by atoms with Crippen molar-refractivity contribution in [3.05, 3.63) is 0 Å². The minimum absolute atomic E-state index is 0.588. The molecule has 1 fully saturated rings. The molecule has 0 aliphatic carbocycles. The molecule has 0 aromatic rings. The summed E-state index contributed by atoms with van der Waals surface area (Å²) in [6.07, 6.45) is 2.35. The summed E-state index contributed by atoms with van der Waals surface area (Å²) >= 11 is 1.83. The molecule has 0 aromatic carbocycles. The summed E-state index contributed by atoms with van der Waals surface area (Å²) in [5.41, 5.74) is 0. The summed E-state index contributed by atoms with van der Waals surface area (Å²) in [6, 6.07) is 0.588. The summed E-state index contributed by atoms with van der Waals surface area (Å²) in [6.45, 7) is 9.07. The molecule has 0 amide bonds. The number of aliphatic imine (C=N–C) groups is 1. The lowest BCUT2D eigenvalue weighted by Gasteiger charge is -2.13. The normalized spacial score (nSPS) is 23.0. The van der Waals surface area contributed by atoms with Gasteiger partial charge >= 0.3 is 0 Å². The van der Waals surface area contributed by atoms with Crippen LogP contribution in [0, 0.1) is 5.92 Å². The van der Waals surface area contributed by atoms with Crippen LogP contribution in [0.1, 0.15) is 33.6 Å². The van der Waals surface area contributed by atoms with Gasteiger partial charge in [0.15, 0.2) is 5.17 Å². The second-order valence-electron chi connectivity index (χ2n) is 4.46. The largest absolute Gasteiger partial charge is 0.380 e. The van der Waals surface area contributed by atoms with Crippen LogP contribution in [0.2, 0.25) is 0 Å². The lowest BCUT2D eigenvalue weighted by Crippen LogP contribution is -2.31. The fourth-order valence-corrected chi connectivity index (χ4v) is 2.64. The quantitative estimate of drug-likeness (QED) is 0.699. The summed E-state index contributed by atoms with van der Waals surface area (Å²) < 4.78 is 5.46. The van der Waals surface area contributed by atoms with E-state index in [1.165, 1.54) is 6.42 Å². The van der Waals surface area contributed by atoms with E-state index >= 15 is 0 Å². The number of unbranched alkanes of at least 4 members (excludes halogenated alkanes) is 1. The van der Waals surface area contributed by atoms with E-state index in [1.54, 1.807) is 0 Å². The molecule has 1 aliphatic heterocycles. The first-order valence-electron chi connectivity index (χ1n) is 6.25. The Morgan fingerprint density at radius 1 is 1.50 bits per heavy atom. The van der Waals surface area contributed by atoms with Gasteiger partial charge < -0.3 is 10.1 Å². The summed E-state index contributed by atoms with van der Waals surface area (Å²) in [4.78, 5) is 4.50. The number of thioether (sulfide) groups is 1. The van der Waals surface area contributed by atoms with Crippen molar-refractivity contribution in [3.63, 3.8) is 0 Å². The maximum absolute atomic E-state index is 5.46. The zero-order chi connectivity index (χ0) is 11.8. The third-order valence-electron chi connectivity index (χ3n) is 2.65. The Morgan fingerprint density at radius 2 is 2.31 bits per heavy atom. The molecular formula is C12H24N2OS. The molecule has 1 N–H and O–H groups in total. The van der Waals surface area contributed by atoms with E-state index < -0.39 is 0 Å². The van der Waals surface area contributed by atoms with Crippen LogP contribution < -0.4 is 5.32 Å². The van der Waals surface area contributed by atoms with Gasteiger partial charge in [0.2, 0.25) is 0 Å². The Kier molecular flexibility index (Phi) is 6.88. The van der Waals surface area contributed by atoms with Crippen molar-refractivity contribution in [1.82, 2.24) is 5.32 Å². The molecule has 4 heteroatoms. The maximum Gasteiger partial charge on any atom is 0.156 e. The second-order valence-corrected chi connectivity index (χ2v) is 5.47. The van der Waals surface area contributed by atoms with Crippen molar-refractivity contribution in [2.24, 2.45) is 10.9 Å². The number of ether oxygens (including phenoxy) is 1. The molecule has 1 rings (SSSR count). The van der Waals surface area contributed by atoms with Gasteiger partial charge in [-0.2, -0.15) is 0 Å². The molecule has 16 heavy (non-hydrogen) atoms. The van der Waals surface area contributed by atoms with Gasteiger partial charge in [-0.1, -0.05) is 39.0 Å². The van der Waals surface area contributed by atoms with E-state index in [-0.39, 0.29) is 0 Å². The van der Waals surface area contributed by atoms with Crippen molar-refractivity contribution < 1.29 is 4.74 Å². The van der Waals surface area contributed by atoms with Gasteiger partial charge in [-0.05, 0) is 12.3 Å². The first kappa shape index (κ1) is 13.8. The van der Waals surface area contributed by atoms with Crippen LogP contribution in [0.4, 0.5) is 0 Å². The van der Waals surface area contributed by atoms with Gasteiger partial charge in [-0.15, -0.1) is 0 Å². The van der Waals surface area contributed by atoms with E-state index in [0.717, 1.165) is 37.1 Å². The van der Waals surface area contributed by atoms with Gasteiger partial charge in [0, 0.05) is 18.4 Å². The summed E-state index contributed by atoms with van der Waals surface area (Å²) in [5.74, 6) is 1.83. The topological polar surface area (TPSA) is 33.6 Å². The average Bonchev–Trinajstić information content (AvgIpc) is 2.72. The van der Waals surface area contributed by atoms with Gasteiger partial charge in [0.25, 0.3) is 0 Å². The van der Waals surface area contributed by atoms with Crippen LogP contribution in [0.3, 0.4) is 0 Å². The molecule has 0 aromatic heterocycles. The van der Waals surface area contributed by atoms with Gasteiger partial charge in [-0.25, -0.2) is 0 Å². The molecule has 1 heterocycles. The predicted octanol–water partition coefficient (Wildman–Crippen LogP) is 2.52. The van der Waals surface area contributed by atoms with Crippen molar-refractivity contribution in [3.8, 4) is 0 Å². The lowest BCUT2D eigenvalue weighted by atomic mass is 10.1. The van der Waals surface area contributed by atoms with Crippen molar-refractivity contribution in [1.29, 1.82) is 0 Å². The zero-order valence-corrected chi connectivity index (χ0v) is 11.5.